The Morgan fingerprint density at radius 3 is 2.40 bits per heavy atom. The molecule has 3 heteroatoms. The molecule has 0 saturated carbocycles. The second-order valence-corrected chi connectivity index (χ2v) is 3.33. The summed E-state index contributed by atoms with van der Waals surface area (Å²) in [6.45, 7) is 3.29. The first-order valence-electron chi connectivity index (χ1n) is 4.55. The molecule has 0 aliphatic rings. The van der Waals surface area contributed by atoms with Crippen LogP contribution in [0.2, 0.25) is 0 Å². The summed E-state index contributed by atoms with van der Waals surface area (Å²) in [5.41, 5.74) is 1.01. The number of nitriles is 1. The fourth-order valence-electron chi connectivity index (χ4n) is 1.28. The molecule has 0 radical (unpaired) electrons. The van der Waals surface area contributed by atoms with Gasteiger partial charge in [0.25, 0.3) is 5.92 Å². The molecular formula is C12H11F2N. The topological polar surface area (TPSA) is 23.8 Å². The molecule has 0 saturated heterocycles. The summed E-state index contributed by atoms with van der Waals surface area (Å²) in [5.74, 6) is -2.75. The van der Waals surface area contributed by atoms with Gasteiger partial charge in [0, 0.05) is 12.8 Å². The first-order valence-corrected chi connectivity index (χ1v) is 4.55. The van der Waals surface area contributed by atoms with Gasteiger partial charge in [-0.2, -0.15) is 5.26 Å². The maximum Gasteiger partial charge on any atom is 0.255 e. The number of nitrogens with zero attached hydrogens (tertiary/aromatic N) is 1. The zero-order chi connectivity index (χ0) is 11.3. The van der Waals surface area contributed by atoms with Crippen LogP contribution in [0.15, 0.2) is 36.9 Å². The number of benzene rings is 1. The van der Waals surface area contributed by atoms with Gasteiger partial charge in [0.05, 0.1) is 11.6 Å². The van der Waals surface area contributed by atoms with Gasteiger partial charge < -0.3 is 0 Å². The summed E-state index contributed by atoms with van der Waals surface area (Å²) in [7, 11) is 0. The molecule has 1 rings (SSSR count). The highest BCUT2D eigenvalue weighted by Gasteiger charge is 2.27. The second kappa shape index (κ2) is 4.70. The van der Waals surface area contributed by atoms with E-state index in [0.717, 1.165) is 0 Å². The number of hydrogen-bond acceptors (Lipinski definition) is 1. The minimum atomic E-state index is -2.75. The third-order valence-electron chi connectivity index (χ3n) is 1.99. The van der Waals surface area contributed by atoms with Crippen LogP contribution >= 0.6 is 0 Å². The molecule has 1 aromatic carbocycles. The molecular weight excluding hydrogens is 196 g/mol. The van der Waals surface area contributed by atoms with E-state index in [1.54, 1.807) is 24.3 Å². The number of hydrogen-bond donors (Lipinski definition) is 0. The predicted molar refractivity (Wildman–Crippen MR) is 54.6 cm³/mol. The number of allylic oxidation sites excluding steroid dienone is 1. The third kappa shape index (κ3) is 3.51. The first-order chi connectivity index (χ1) is 7.07. The Hall–Kier alpha value is -1.69. The molecule has 0 bridgehead atoms. The van der Waals surface area contributed by atoms with Crippen LogP contribution in [0.3, 0.4) is 0 Å². The second-order valence-electron chi connectivity index (χ2n) is 3.33. The Morgan fingerprint density at radius 1 is 1.33 bits per heavy atom. The van der Waals surface area contributed by atoms with Gasteiger partial charge in [0.2, 0.25) is 0 Å². The Balaban J connectivity index is 2.73. The van der Waals surface area contributed by atoms with Crippen molar-refractivity contribution in [2.45, 2.75) is 18.8 Å². The van der Waals surface area contributed by atoms with E-state index < -0.39 is 5.92 Å². The lowest BCUT2D eigenvalue weighted by Crippen LogP contribution is -2.18. The Morgan fingerprint density at radius 2 is 1.93 bits per heavy atom. The molecule has 0 aromatic heterocycles. The Bertz CT molecular complexity index is 374. The average Bonchev–Trinajstić information content (AvgIpc) is 2.18. The lowest BCUT2D eigenvalue weighted by molar-refractivity contribution is 0.00499. The van der Waals surface area contributed by atoms with E-state index in [-0.39, 0.29) is 12.8 Å². The van der Waals surface area contributed by atoms with E-state index >= 15 is 0 Å². The summed E-state index contributed by atoms with van der Waals surface area (Å²) < 4.78 is 26.3. The van der Waals surface area contributed by atoms with Gasteiger partial charge in [-0.05, 0) is 17.7 Å². The highest BCUT2D eigenvalue weighted by Crippen LogP contribution is 2.24. The summed E-state index contributed by atoms with van der Waals surface area (Å²) in [5, 5.41) is 8.53. The number of halogens is 2. The molecule has 15 heavy (non-hydrogen) atoms. The summed E-state index contributed by atoms with van der Waals surface area (Å²) >= 11 is 0. The molecule has 1 aromatic rings. The fourth-order valence-corrected chi connectivity index (χ4v) is 1.28. The maximum atomic E-state index is 13.2. The lowest BCUT2D eigenvalue weighted by Gasteiger charge is -2.13. The first kappa shape index (κ1) is 11.4. The van der Waals surface area contributed by atoms with E-state index in [1.807, 2.05) is 6.07 Å². The van der Waals surface area contributed by atoms with Crippen molar-refractivity contribution < 1.29 is 8.78 Å². The van der Waals surface area contributed by atoms with Crippen molar-refractivity contribution in [2.75, 3.05) is 0 Å². The van der Waals surface area contributed by atoms with E-state index in [9.17, 15) is 8.78 Å². The number of rotatable bonds is 4. The molecule has 0 spiro atoms. The fraction of sp³-hybridized carbons (Fsp3) is 0.250. The van der Waals surface area contributed by atoms with Gasteiger partial charge in [0.1, 0.15) is 0 Å². The smallest absolute Gasteiger partial charge is 0.206 e. The summed E-state index contributed by atoms with van der Waals surface area (Å²) in [6.07, 6.45) is 0.571. The van der Waals surface area contributed by atoms with Crippen LogP contribution in [-0.4, -0.2) is 5.92 Å². The molecule has 0 aliphatic carbocycles. The van der Waals surface area contributed by atoms with Gasteiger partial charge >= 0.3 is 0 Å². The van der Waals surface area contributed by atoms with Crippen molar-refractivity contribution in [1.29, 1.82) is 5.26 Å². The van der Waals surface area contributed by atoms with Crippen LogP contribution in [-0.2, 0) is 6.42 Å². The minimum absolute atomic E-state index is 0.315. The standard InChI is InChI=1S/C12H11F2N/c1-2-7-12(13,14)8-10-3-5-11(9-15)6-4-10/h2-6H,1,7-8H2. The van der Waals surface area contributed by atoms with Crippen LogP contribution in [0.4, 0.5) is 8.78 Å². The largest absolute Gasteiger partial charge is 0.255 e. The van der Waals surface area contributed by atoms with Gasteiger partial charge in [0.15, 0.2) is 0 Å². The van der Waals surface area contributed by atoms with Crippen molar-refractivity contribution >= 4 is 0 Å². The number of alkyl halides is 2. The quantitative estimate of drug-likeness (QED) is 0.695. The molecule has 0 heterocycles. The molecule has 0 unspecified atom stereocenters. The average molecular weight is 207 g/mol. The van der Waals surface area contributed by atoms with Crippen LogP contribution in [0, 0.1) is 11.3 Å². The molecule has 0 amide bonds. The van der Waals surface area contributed by atoms with Crippen molar-refractivity contribution in [2.24, 2.45) is 0 Å². The van der Waals surface area contributed by atoms with E-state index in [1.165, 1.54) is 6.08 Å². The Kier molecular flexibility index (Phi) is 3.56. The zero-order valence-corrected chi connectivity index (χ0v) is 8.21. The highest BCUT2D eigenvalue weighted by atomic mass is 19.3. The molecule has 0 fully saturated rings. The molecule has 1 nitrogen and oxygen atoms in total. The Labute approximate surface area is 87.7 Å². The maximum absolute atomic E-state index is 13.2. The van der Waals surface area contributed by atoms with Gasteiger partial charge in [-0.25, -0.2) is 8.78 Å². The third-order valence-corrected chi connectivity index (χ3v) is 1.99. The van der Waals surface area contributed by atoms with Crippen LogP contribution in [0.5, 0.6) is 0 Å². The summed E-state index contributed by atoms with van der Waals surface area (Å²) in [4.78, 5) is 0. The summed E-state index contributed by atoms with van der Waals surface area (Å²) in [6, 6.07) is 8.12. The minimum Gasteiger partial charge on any atom is -0.206 e. The SMILES string of the molecule is C=CCC(F)(F)Cc1ccc(C#N)cc1. The highest BCUT2D eigenvalue weighted by molar-refractivity contribution is 5.32. The normalized spacial score (nSPS) is 10.7. The monoisotopic (exact) mass is 207 g/mol. The predicted octanol–water partition coefficient (Wildman–Crippen LogP) is 3.31. The molecule has 0 atom stereocenters. The van der Waals surface area contributed by atoms with Crippen molar-refractivity contribution in [3.63, 3.8) is 0 Å². The van der Waals surface area contributed by atoms with E-state index in [4.69, 9.17) is 5.26 Å². The molecule has 0 N–H and O–H groups in total. The van der Waals surface area contributed by atoms with Crippen LogP contribution < -0.4 is 0 Å². The van der Waals surface area contributed by atoms with Crippen LogP contribution in [0.1, 0.15) is 17.5 Å². The van der Waals surface area contributed by atoms with Crippen molar-refractivity contribution in [3.05, 3.63) is 48.0 Å². The lowest BCUT2D eigenvalue weighted by atomic mass is 10.0. The van der Waals surface area contributed by atoms with Crippen molar-refractivity contribution in [3.8, 4) is 6.07 Å². The van der Waals surface area contributed by atoms with Crippen LogP contribution in [0.25, 0.3) is 0 Å². The van der Waals surface area contributed by atoms with Gasteiger partial charge in [-0.1, -0.05) is 18.2 Å². The molecule has 0 aliphatic heterocycles. The van der Waals surface area contributed by atoms with Gasteiger partial charge in [-0.15, -0.1) is 6.58 Å². The zero-order valence-electron chi connectivity index (χ0n) is 8.21. The van der Waals surface area contributed by atoms with E-state index in [0.29, 0.717) is 11.1 Å². The van der Waals surface area contributed by atoms with Crippen molar-refractivity contribution in [1.82, 2.24) is 0 Å². The molecule has 78 valence electrons. The van der Waals surface area contributed by atoms with Gasteiger partial charge in [-0.3, -0.25) is 0 Å². The van der Waals surface area contributed by atoms with E-state index in [2.05, 4.69) is 6.58 Å².